The number of nitrogens with one attached hydrogen (secondary N) is 2. The summed E-state index contributed by atoms with van der Waals surface area (Å²) < 4.78 is 22.1. The molecule has 20 heavy (non-hydrogen) atoms. The van der Waals surface area contributed by atoms with Gasteiger partial charge in [0.15, 0.2) is 5.96 Å². The standard InChI is InChI=1S/C12H24N4O3S/c1-3-13-12(14-6-9-20(2,18)19)15-10-11(17)16-7-4-5-8-16/h3-10H2,1-2H3,(H2,13,14,15). The van der Waals surface area contributed by atoms with E-state index in [0.717, 1.165) is 25.9 Å². The van der Waals surface area contributed by atoms with Crippen molar-refractivity contribution < 1.29 is 13.2 Å². The van der Waals surface area contributed by atoms with Gasteiger partial charge in [-0.2, -0.15) is 0 Å². The van der Waals surface area contributed by atoms with Gasteiger partial charge >= 0.3 is 0 Å². The zero-order valence-electron chi connectivity index (χ0n) is 12.2. The number of amides is 1. The number of nitrogens with zero attached hydrogens (tertiary/aromatic N) is 2. The van der Waals surface area contributed by atoms with Crippen LogP contribution in [0.3, 0.4) is 0 Å². The fourth-order valence-electron chi connectivity index (χ4n) is 1.91. The number of rotatable bonds is 6. The van der Waals surface area contributed by atoms with Gasteiger partial charge in [-0.25, -0.2) is 13.4 Å². The molecular formula is C12H24N4O3S. The highest BCUT2D eigenvalue weighted by atomic mass is 32.2. The average Bonchev–Trinajstić information content (AvgIpc) is 2.88. The minimum Gasteiger partial charge on any atom is -0.357 e. The molecule has 0 spiro atoms. The summed E-state index contributed by atoms with van der Waals surface area (Å²) >= 11 is 0. The summed E-state index contributed by atoms with van der Waals surface area (Å²) in [6.07, 6.45) is 3.31. The van der Waals surface area contributed by atoms with Crippen molar-refractivity contribution in [2.45, 2.75) is 19.8 Å². The Morgan fingerprint density at radius 1 is 1.25 bits per heavy atom. The first-order chi connectivity index (χ1) is 9.42. The van der Waals surface area contributed by atoms with Gasteiger partial charge in [-0.15, -0.1) is 0 Å². The maximum atomic E-state index is 11.9. The first kappa shape index (κ1) is 16.7. The van der Waals surface area contributed by atoms with Crippen LogP contribution < -0.4 is 10.6 Å². The predicted octanol–water partition coefficient (Wildman–Crippen LogP) is -0.791. The Kier molecular flexibility index (Phi) is 6.77. The minimum absolute atomic E-state index is 0.0165. The molecule has 0 aliphatic carbocycles. The van der Waals surface area contributed by atoms with Crippen LogP contribution >= 0.6 is 0 Å². The zero-order chi connectivity index (χ0) is 15.0. The molecule has 0 saturated carbocycles. The smallest absolute Gasteiger partial charge is 0.244 e. The number of hydrogen-bond acceptors (Lipinski definition) is 4. The Labute approximate surface area is 120 Å². The highest BCUT2D eigenvalue weighted by Gasteiger charge is 2.17. The molecule has 1 heterocycles. The van der Waals surface area contributed by atoms with Crippen molar-refractivity contribution in [2.24, 2.45) is 4.99 Å². The summed E-state index contributed by atoms with van der Waals surface area (Å²) in [5, 5.41) is 5.90. The molecule has 1 rings (SSSR count). The molecule has 0 bridgehead atoms. The number of aliphatic imine (C=N–C) groups is 1. The molecule has 0 unspecified atom stereocenters. The number of sulfone groups is 1. The van der Waals surface area contributed by atoms with Crippen LogP contribution in [0, 0.1) is 0 Å². The largest absolute Gasteiger partial charge is 0.357 e. The van der Waals surface area contributed by atoms with Crippen LogP contribution in [0.1, 0.15) is 19.8 Å². The van der Waals surface area contributed by atoms with E-state index in [0.29, 0.717) is 12.5 Å². The van der Waals surface area contributed by atoms with Crippen LogP contribution in [-0.2, 0) is 14.6 Å². The predicted molar refractivity (Wildman–Crippen MR) is 79.5 cm³/mol. The van der Waals surface area contributed by atoms with Crippen molar-refractivity contribution >= 4 is 21.7 Å². The van der Waals surface area contributed by atoms with Gasteiger partial charge in [0, 0.05) is 32.4 Å². The summed E-state index contributed by atoms with van der Waals surface area (Å²) in [5.74, 6) is 0.531. The normalized spacial score (nSPS) is 16.3. The first-order valence-electron chi connectivity index (χ1n) is 6.90. The lowest BCUT2D eigenvalue weighted by molar-refractivity contribution is -0.128. The molecule has 1 amide bonds. The lowest BCUT2D eigenvalue weighted by atomic mass is 10.4. The van der Waals surface area contributed by atoms with E-state index in [1.54, 1.807) is 0 Å². The number of hydrogen-bond donors (Lipinski definition) is 2. The molecule has 0 aromatic carbocycles. The van der Waals surface area contributed by atoms with Crippen LogP contribution in [0.2, 0.25) is 0 Å². The third-order valence-electron chi connectivity index (χ3n) is 2.94. The molecule has 2 N–H and O–H groups in total. The SMILES string of the molecule is CCNC(=NCC(=O)N1CCCC1)NCCS(C)(=O)=O. The van der Waals surface area contributed by atoms with Gasteiger partial charge in [-0.3, -0.25) is 4.79 Å². The van der Waals surface area contributed by atoms with Crippen molar-refractivity contribution in [1.82, 2.24) is 15.5 Å². The summed E-state index contributed by atoms with van der Waals surface area (Å²) in [4.78, 5) is 17.8. The lowest BCUT2D eigenvalue weighted by Gasteiger charge is -2.15. The van der Waals surface area contributed by atoms with Gasteiger partial charge < -0.3 is 15.5 Å². The monoisotopic (exact) mass is 304 g/mol. The van der Waals surface area contributed by atoms with Crippen LogP contribution in [0.15, 0.2) is 4.99 Å². The topological polar surface area (TPSA) is 90.9 Å². The maximum absolute atomic E-state index is 11.9. The van der Waals surface area contributed by atoms with E-state index in [1.807, 2.05) is 11.8 Å². The van der Waals surface area contributed by atoms with Gasteiger partial charge in [0.25, 0.3) is 0 Å². The Bertz CT molecular complexity index is 442. The molecule has 0 radical (unpaired) electrons. The van der Waals surface area contributed by atoms with Crippen molar-refractivity contribution in [2.75, 3.05) is 44.7 Å². The molecule has 0 atom stereocenters. The Morgan fingerprint density at radius 3 is 2.45 bits per heavy atom. The van der Waals surface area contributed by atoms with E-state index < -0.39 is 9.84 Å². The second-order valence-electron chi connectivity index (χ2n) is 4.84. The molecule has 1 aliphatic rings. The van der Waals surface area contributed by atoms with Crippen molar-refractivity contribution in [3.8, 4) is 0 Å². The van der Waals surface area contributed by atoms with E-state index in [-0.39, 0.29) is 24.7 Å². The average molecular weight is 304 g/mol. The third-order valence-corrected chi connectivity index (χ3v) is 3.89. The number of carbonyl (C=O) groups is 1. The molecule has 1 aliphatic heterocycles. The molecule has 7 nitrogen and oxygen atoms in total. The van der Waals surface area contributed by atoms with Crippen LogP contribution in [0.5, 0.6) is 0 Å². The molecule has 0 aromatic heterocycles. The fourth-order valence-corrected chi connectivity index (χ4v) is 2.38. The Hall–Kier alpha value is -1.31. The molecule has 8 heteroatoms. The minimum atomic E-state index is -3.00. The Balaban J connectivity index is 2.42. The fraction of sp³-hybridized carbons (Fsp3) is 0.833. The highest BCUT2D eigenvalue weighted by Crippen LogP contribution is 2.07. The second kappa shape index (κ2) is 8.08. The van der Waals surface area contributed by atoms with Crippen molar-refractivity contribution in [1.29, 1.82) is 0 Å². The number of carbonyl (C=O) groups excluding carboxylic acids is 1. The second-order valence-corrected chi connectivity index (χ2v) is 7.10. The summed E-state index contributed by atoms with van der Waals surface area (Å²) in [6.45, 7) is 4.56. The van der Waals surface area contributed by atoms with E-state index >= 15 is 0 Å². The quantitative estimate of drug-likeness (QED) is 0.496. The van der Waals surface area contributed by atoms with Crippen LogP contribution in [0.4, 0.5) is 0 Å². The van der Waals surface area contributed by atoms with Crippen LogP contribution in [-0.4, -0.2) is 69.9 Å². The van der Waals surface area contributed by atoms with Gasteiger partial charge in [0.2, 0.25) is 5.91 Å². The van der Waals surface area contributed by atoms with E-state index in [9.17, 15) is 13.2 Å². The highest BCUT2D eigenvalue weighted by molar-refractivity contribution is 7.90. The molecule has 0 aromatic rings. The van der Waals surface area contributed by atoms with E-state index in [1.165, 1.54) is 6.26 Å². The van der Waals surface area contributed by atoms with Gasteiger partial charge in [0.05, 0.1) is 5.75 Å². The number of likely N-dealkylation sites (tertiary alicyclic amines) is 1. The summed E-state index contributed by atoms with van der Waals surface area (Å²) in [7, 11) is -3.00. The zero-order valence-corrected chi connectivity index (χ0v) is 13.0. The van der Waals surface area contributed by atoms with Crippen molar-refractivity contribution in [3.05, 3.63) is 0 Å². The van der Waals surface area contributed by atoms with E-state index in [4.69, 9.17) is 0 Å². The third kappa shape index (κ3) is 6.74. The van der Waals surface area contributed by atoms with Gasteiger partial charge in [-0.05, 0) is 19.8 Å². The lowest BCUT2D eigenvalue weighted by Crippen LogP contribution is -2.40. The molecule has 1 saturated heterocycles. The van der Waals surface area contributed by atoms with Gasteiger partial charge in [0.1, 0.15) is 16.4 Å². The maximum Gasteiger partial charge on any atom is 0.244 e. The Morgan fingerprint density at radius 2 is 1.90 bits per heavy atom. The van der Waals surface area contributed by atoms with Crippen molar-refractivity contribution in [3.63, 3.8) is 0 Å². The molecule has 1 fully saturated rings. The summed E-state index contributed by atoms with van der Waals surface area (Å²) in [6, 6.07) is 0. The molecule has 116 valence electrons. The first-order valence-corrected chi connectivity index (χ1v) is 8.96. The summed E-state index contributed by atoms with van der Waals surface area (Å²) in [5.41, 5.74) is 0. The van der Waals surface area contributed by atoms with Crippen LogP contribution in [0.25, 0.3) is 0 Å². The number of guanidine groups is 1. The molecular weight excluding hydrogens is 280 g/mol. The van der Waals surface area contributed by atoms with E-state index in [2.05, 4.69) is 15.6 Å². The van der Waals surface area contributed by atoms with Gasteiger partial charge in [-0.1, -0.05) is 0 Å².